The fraction of sp³-hybridized carbons (Fsp3) is 0.250. The summed E-state index contributed by atoms with van der Waals surface area (Å²) < 4.78 is 14.0. The van der Waals surface area contributed by atoms with Gasteiger partial charge in [-0.15, -0.1) is 0 Å². The Hall–Kier alpha value is -2.17. The van der Waals surface area contributed by atoms with E-state index in [9.17, 15) is 4.39 Å². The summed E-state index contributed by atoms with van der Waals surface area (Å²) in [5, 5.41) is 4.00. The number of halogens is 2. The van der Waals surface area contributed by atoms with Crippen LogP contribution in [0.2, 0.25) is 5.02 Å². The van der Waals surface area contributed by atoms with Gasteiger partial charge in [0.1, 0.15) is 5.82 Å². The third-order valence-electron chi connectivity index (χ3n) is 4.90. The molecule has 0 radical (unpaired) electrons. The van der Waals surface area contributed by atoms with Gasteiger partial charge in [-0.1, -0.05) is 17.7 Å². The SMILES string of the molecule is CC1CC(C2=Nc3cc(Cl)ccc3Nc3ccc(F)cc32)=CCN1C. The van der Waals surface area contributed by atoms with E-state index in [1.807, 2.05) is 18.2 Å². The molecule has 3 nitrogen and oxygen atoms in total. The van der Waals surface area contributed by atoms with Gasteiger partial charge in [0, 0.05) is 28.9 Å². The van der Waals surface area contributed by atoms with Crippen molar-refractivity contribution < 1.29 is 4.39 Å². The van der Waals surface area contributed by atoms with Crippen LogP contribution in [-0.4, -0.2) is 30.2 Å². The smallest absolute Gasteiger partial charge is 0.124 e. The zero-order chi connectivity index (χ0) is 17.6. The van der Waals surface area contributed by atoms with E-state index in [4.69, 9.17) is 16.6 Å². The molecule has 1 atom stereocenters. The van der Waals surface area contributed by atoms with Crippen LogP contribution in [0.3, 0.4) is 0 Å². The first-order chi connectivity index (χ1) is 12.0. The normalized spacial score (nSPS) is 19.9. The lowest BCUT2D eigenvalue weighted by molar-refractivity contribution is 0.272. The molecule has 5 heteroatoms. The molecule has 2 aliphatic rings. The number of hydrogen-bond donors (Lipinski definition) is 1. The van der Waals surface area contributed by atoms with Crippen LogP contribution in [0.4, 0.5) is 21.5 Å². The van der Waals surface area contributed by atoms with E-state index in [1.54, 1.807) is 12.1 Å². The van der Waals surface area contributed by atoms with Crippen molar-refractivity contribution in [2.45, 2.75) is 19.4 Å². The Balaban J connectivity index is 1.91. The first-order valence-electron chi connectivity index (χ1n) is 8.36. The minimum atomic E-state index is -0.265. The molecule has 0 bridgehead atoms. The molecule has 0 amide bonds. The van der Waals surface area contributed by atoms with E-state index in [0.29, 0.717) is 11.1 Å². The quantitative estimate of drug-likeness (QED) is 0.751. The van der Waals surface area contributed by atoms with E-state index in [2.05, 4.69) is 30.3 Å². The summed E-state index contributed by atoms with van der Waals surface area (Å²) in [6, 6.07) is 10.8. The van der Waals surface area contributed by atoms with Gasteiger partial charge in [-0.2, -0.15) is 0 Å². The summed E-state index contributed by atoms with van der Waals surface area (Å²) in [5.74, 6) is -0.265. The van der Waals surface area contributed by atoms with Gasteiger partial charge in [0.2, 0.25) is 0 Å². The molecule has 0 fully saturated rings. The van der Waals surface area contributed by atoms with Gasteiger partial charge in [0.15, 0.2) is 0 Å². The third kappa shape index (κ3) is 3.08. The van der Waals surface area contributed by atoms with Crippen LogP contribution >= 0.6 is 11.6 Å². The zero-order valence-electron chi connectivity index (χ0n) is 14.2. The summed E-state index contributed by atoms with van der Waals surface area (Å²) in [5.41, 5.74) is 5.25. The summed E-state index contributed by atoms with van der Waals surface area (Å²) in [6.45, 7) is 3.05. The average Bonchev–Trinajstić information content (AvgIpc) is 2.74. The molecular weight excluding hydrogens is 337 g/mol. The lowest BCUT2D eigenvalue weighted by atomic mass is 9.92. The Kier molecular flexibility index (Phi) is 4.10. The first-order valence-corrected chi connectivity index (χ1v) is 8.74. The maximum Gasteiger partial charge on any atom is 0.124 e. The summed E-state index contributed by atoms with van der Waals surface area (Å²) in [4.78, 5) is 7.17. The number of hydrogen-bond acceptors (Lipinski definition) is 3. The average molecular weight is 356 g/mol. The maximum absolute atomic E-state index is 14.0. The monoisotopic (exact) mass is 355 g/mol. The van der Waals surface area contributed by atoms with Crippen LogP contribution in [-0.2, 0) is 0 Å². The molecular formula is C20H19ClFN3. The highest BCUT2D eigenvalue weighted by Crippen LogP contribution is 2.38. The largest absolute Gasteiger partial charge is 0.353 e. The Bertz CT molecular complexity index is 904. The topological polar surface area (TPSA) is 27.6 Å². The molecule has 0 spiro atoms. The molecule has 0 aromatic heterocycles. The fourth-order valence-corrected chi connectivity index (χ4v) is 3.45. The lowest BCUT2D eigenvalue weighted by Gasteiger charge is -2.30. The van der Waals surface area contributed by atoms with Crippen molar-refractivity contribution in [3.05, 3.63) is 64.5 Å². The van der Waals surface area contributed by atoms with E-state index < -0.39 is 0 Å². The van der Waals surface area contributed by atoms with Crippen molar-refractivity contribution in [2.75, 3.05) is 18.9 Å². The molecule has 2 aromatic rings. The van der Waals surface area contributed by atoms with Crippen molar-refractivity contribution in [1.82, 2.24) is 4.90 Å². The number of nitrogens with zero attached hydrogens (tertiary/aromatic N) is 2. The van der Waals surface area contributed by atoms with Crippen molar-refractivity contribution in [1.29, 1.82) is 0 Å². The molecule has 2 aromatic carbocycles. The van der Waals surface area contributed by atoms with Crippen molar-refractivity contribution in [3.63, 3.8) is 0 Å². The fourth-order valence-electron chi connectivity index (χ4n) is 3.28. The summed E-state index contributed by atoms with van der Waals surface area (Å²) in [6.07, 6.45) is 3.06. The predicted molar refractivity (Wildman–Crippen MR) is 102 cm³/mol. The molecule has 0 saturated heterocycles. The van der Waals surface area contributed by atoms with Crippen LogP contribution in [0.5, 0.6) is 0 Å². The molecule has 2 aliphatic heterocycles. The standard InChI is InChI=1S/C20H19ClFN3/c1-12-9-13(7-8-25(12)2)20-16-11-15(22)4-6-17(16)23-18-5-3-14(21)10-19(18)24-20/h3-7,10-12,23H,8-9H2,1-2H3. The number of aliphatic imine (C=N–C) groups is 1. The van der Waals surface area contributed by atoms with E-state index >= 15 is 0 Å². The number of likely N-dealkylation sites (N-methyl/N-ethyl adjacent to an activating group) is 1. The Morgan fingerprint density at radius 3 is 2.80 bits per heavy atom. The Labute approximate surface area is 151 Å². The summed E-state index contributed by atoms with van der Waals surface area (Å²) in [7, 11) is 2.11. The number of rotatable bonds is 1. The second kappa shape index (κ2) is 6.28. The maximum atomic E-state index is 14.0. The van der Waals surface area contributed by atoms with Crippen LogP contribution in [0, 0.1) is 5.82 Å². The third-order valence-corrected chi connectivity index (χ3v) is 5.13. The number of benzene rings is 2. The lowest BCUT2D eigenvalue weighted by Crippen LogP contribution is -2.34. The highest BCUT2D eigenvalue weighted by Gasteiger charge is 2.24. The van der Waals surface area contributed by atoms with Crippen molar-refractivity contribution in [2.24, 2.45) is 4.99 Å². The van der Waals surface area contributed by atoms with E-state index in [-0.39, 0.29) is 5.82 Å². The highest BCUT2D eigenvalue weighted by molar-refractivity contribution is 6.31. The van der Waals surface area contributed by atoms with E-state index in [1.165, 1.54) is 6.07 Å². The van der Waals surface area contributed by atoms with Crippen LogP contribution in [0.1, 0.15) is 18.9 Å². The molecule has 128 valence electrons. The number of nitrogens with one attached hydrogen (secondary N) is 1. The van der Waals surface area contributed by atoms with Gasteiger partial charge in [0.25, 0.3) is 0 Å². The molecule has 0 aliphatic carbocycles. The first kappa shape index (κ1) is 16.3. The minimum absolute atomic E-state index is 0.265. The zero-order valence-corrected chi connectivity index (χ0v) is 14.9. The Morgan fingerprint density at radius 2 is 2.00 bits per heavy atom. The van der Waals surface area contributed by atoms with Crippen LogP contribution in [0.25, 0.3) is 0 Å². The van der Waals surface area contributed by atoms with E-state index in [0.717, 1.165) is 46.9 Å². The predicted octanol–water partition coefficient (Wildman–Crippen LogP) is 5.31. The number of anilines is 2. The second-order valence-electron chi connectivity index (χ2n) is 6.66. The molecule has 2 heterocycles. The molecule has 4 rings (SSSR count). The van der Waals surface area contributed by atoms with Gasteiger partial charge < -0.3 is 5.32 Å². The van der Waals surface area contributed by atoms with Crippen molar-refractivity contribution in [3.8, 4) is 0 Å². The molecule has 25 heavy (non-hydrogen) atoms. The van der Waals surface area contributed by atoms with Crippen LogP contribution in [0.15, 0.2) is 53.0 Å². The molecule has 1 unspecified atom stereocenters. The molecule has 1 N–H and O–H groups in total. The minimum Gasteiger partial charge on any atom is -0.353 e. The van der Waals surface area contributed by atoms with Gasteiger partial charge in [0.05, 0.1) is 17.1 Å². The van der Waals surface area contributed by atoms with Gasteiger partial charge in [-0.3, -0.25) is 4.90 Å². The van der Waals surface area contributed by atoms with Gasteiger partial charge in [-0.05, 0) is 62.4 Å². The van der Waals surface area contributed by atoms with Gasteiger partial charge >= 0.3 is 0 Å². The van der Waals surface area contributed by atoms with Gasteiger partial charge in [-0.25, -0.2) is 9.38 Å². The van der Waals surface area contributed by atoms with Crippen LogP contribution < -0.4 is 5.32 Å². The summed E-state index contributed by atoms with van der Waals surface area (Å²) >= 11 is 6.16. The Morgan fingerprint density at radius 1 is 1.20 bits per heavy atom. The highest BCUT2D eigenvalue weighted by atomic mass is 35.5. The second-order valence-corrected chi connectivity index (χ2v) is 7.10. The number of fused-ring (bicyclic) bond motifs is 2. The molecule has 0 saturated carbocycles. The van der Waals surface area contributed by atoms with Crippen molar-refractivity contribution >= 4 is 34.4 Å².